The highest BCUT2D eigenvalue weighted by Crippen LogP contribution is 2.18. The summed E-state index contributed by atoms with van der Waals surface area (Å²) in [5.74, 6) is 4.94. The summed E-state index contributed by atoms with van der Waals surface area (Å²) < 4.78 is 0. The maximum Gasteiger partial charge on any atom is 0.275 e. The van der Waals surface area contributed by atoms with Gasteiger partial charge in [-0.25, -0.2) is 5.84 Å². The quantitative estimate of drug-likeness (QED) is 0.492. The zero-order chi connectivity index (χ0) is 13.7. The van der Waals surface area contributed by atoms with Gasteiger partial charge in [0, 0.05) is 25.5 Å². The topological polar surface area (TPSA) is 71.2 Å². The van der Waals surface area contributed by atoms with Crippen molar-refractivity contribution < 1.29 is 4.79 Å². The lowest BCUT2D eigenvalue weighted by atomic mass is 10.2. The molecule has 2 aromatic rings. The van der Waals surface area contributed by atoms with E-state index in [2.05, 4.69) is 15.3 Å². The molecular formula is C13H16N4OS. The van der Waals surface area contributed by atoms with E-state index < -0.39 is 0 Å². The van der Waals surface area contributed by atoms with Crippen molar-refractivity contribution in [1.82, 2.24) is 15.3 Å². The Morgan fingerprint density at radius 3 is 2.79 bits per heavy atom. The van der Waals surface area contributed by atoms with Crippen molar-refractivity contribution in [3.8, 4) is 0 Å². The first-order chi connectivity index (χ1) is 9.20. The van der Waals surface area contributed by atoms with E-state index >= 15 is 0 Å². The molecule has 0 spiro atoms. The molecule has 0 atom stereocenters. The summed E-state index contributed by atoms with van der Waals surface area (Å²) in [4.78, 5) is 18.4. The Morgan fingerprint density at radius 1 is 1.37 bits per heavy atom. The van der Waals surface area contributed by atoms with Gasteiger partial charge in [-0.15, -0.1) is 11.3 Å². The lowest BCUT2D eigenvalue weighted by Crippen LogP contribution is -2.30. The highest BCUT2D eigenvalue weighted by molar-refractivity contribution is 7.12. The van der Waals surface area contributed by atoms with Gasteiger partial charge in [0.1, 0.15) is 0 Å². The summed E-state index contributed by atoms with van der Waals surface area (Å²) in [5, 5.41) is 1.90. The second-order valence-electron chi connectivity index (χ2n) is 4.28. The minimum absolute atomic E-state index is 0.234. The summed E-state index contributed by atoms with van der Waals surface area (Å²) in [7, 11) is 2.02. The molecule has 0 saturated carbocycles. The summed E-state index contributed by atoms with van der Waals surface area (Å²) in [6.07, 6.45) is 3.56. The molecule has 3 N–H and O–H groups in total. The van der Waals surface area contributed by atoms with Crippen LogP contribution in [0.1, 0.15) is 20.8 Å². The first-order valence-electron chi connectivity index (χ1n) is 5.85. The summed E-state index contributed by atoms with van der Waals surface area (Å²) in [6.45, 7) is 1.51. The van der Waals surface area contributed by atoms with Gasteiger partial charge in [-0.3, -0.25) is 20.1 Å². The van der Waals surface area contributed by atoms with E-state index in [4.69, 9.17) is 5.84 Å². The Bertz CT molecular complexity index is 541. The highest BCUT2D eigenvalue weighted by Gasteiger charge is 2.13. The van der Waals surface area contributed by atoms with Crippen LogP contribution in [-0.2, 0) is 13.1 Å². The third-order valence-corrected chi connectivity index (χ3v) is 3.68. The van der Waals surface area contributed by atoms with Crippen molar-refractivity contribution in [2.45, 2.75) is 13.1 Å². The second-order valence-corrected chi connectivity index (χ2v) is 5.19. The van der Waals surface area contributed by atoms with Gasteiger partial charge in [-0.2, -0.15) is 0 Å². The molecule has 2 heterocycles. The molecule has 0 aliphatic rings. The number of amides is 1. The minimum atomic E-state index is -0.234. The smallest absolute Gasteiger partial charge is 0.275 e. The molecule has 0 aliphatic heterocycles. The molecule has 5 nitrogen and oxygen atoms in total. The number of rotatable bonds is 5. The molecule has 0 aliphatic carbocycles. The van der Waals surface area contributed by atoms with Gasteiger partial charge in [0.15, 0.2) is 0 Å². The van der Waals surface area contributed by atoms with Crippen molar-refractivity contribution >= 4 is 17.2 Å². The lowest BCUT2D eigenvalue weighted by Gasteiger charge is -2.16. The number of carbonyl (C=O) groups is 1. The molecule has 0 aromatic carbocycles. The monoisotopic (exact) mass is 276 g/mol. The predicted octanol–water partition coefficient (Wildman–Crippen LogP) is 1.38. The molecule has 0 unspecified atom stereocenters. The maximum atomic E-state index is 11.6. The third kappa shape index (κ3) is 3.60. The second kappa shape index (κ2) is 6.42. The molecule has 0 saturated heterocycles. The van der Waals surface area contributed by atoms with Crippen LogP contribution >= 0.6 is 11.3 Å². The predicted molar refractivity (Wildman–Crippen MR) is 75.4 cm³/mol. The zero-order valence-corrected chi connectivity index (χ0v) is 11.5. The minimum Gasteiger partial charge on any atom is -0.298 e. The Hall–Kier alpha value is -1.76. The number of thiophene rings is 1. The summed E-state index contributed by atoms with van der Waals surface area (Å²) in [6, 6.07) is 5.92. The van der Waals surface area contributed by atoms with E-state index in [0.29, 0.717) is 11.4 Å². The number of hydrazine groups is 1. The van der Waals surface area contributed by atoms with Gasteiger partial charge in [0.05, 0.1) is 4.88 Å². The number of nitrogen functional groups attached to an aromatic ring is 1. The standard InChI is InChI=1S/C13H16N4OS/c1-17(8-10-2-5-15-6-3-10)9-11-4-7-19-12(11)13(18)16-14/h2-7H,8-9,14H2,1H3,(H,16,18). The number of nitrogens with zero attached hydrogens (tertiary/aromatic N) is 2. The van der Waals surface area contributed by atoms with Gasteiger partial charge in [-0.05, 0) is 41.8 Å². The normalized spacial score (nSPS) is 10.7. The number of nitrogens with two attached hydrogens (primary N) is 1. The Labute approximate surface area is 116 Å². The first kappa shape index (κ1) is 13.7. The van der Waals surface area contributed by atoms with Gasteiger partial charge in [0.25, 0.3) is 5.91 Å². The van der Waals surface area contributed by atoms with E-state index in [1.807, 2.05) is 30.6 Å². The fraction of sp³-hybridized carbons (Fsp3) is 0.231. The largest absolute Gasteiger partial charge is 0.298 e. The average molecular weight is 276 g/mol. The van der Waals surface area contributed by atoms with Crippen LogP contribution in [0.2, 0.25) is 0 Å². The number of pyridine rings is 1. The molecule has 2 aromatic heterocycles. The Balaban J connectivity index is 2.01. The fourth-order valence-corrected chi connectivity index (χ4v) is 2.69. The van der Waals surface area contributed by atoms with Crippen LogP contribution in [0.3, 0.4) is 0 Å². The Morgan fingerprint density at radius 2 is 2.11 bits per heavy atom. The van der Waals surface area contributed by atoms with Gasteiger partial charge in [0.2, 0.25) is 0 Å². The summed E-state index contributed by atoms with van der Waals surface area (Å²) >= 11 is 1.40. The van der Waals surface area contributed by atoms with Gasteiger partial charge < -0.3 is 0 Å². The van der Waals surface area contributed by atoms with Crippen molar-refractivity contribution in [3.05, 3.63) is 52.0 Å². The van der Waals surface area contributed by atoms with Crippen LogP contribution in [0.15, 0.2) is 36.0 Å². The number of hydrogen-bond acceptors (Lipinski definition) is 5. The van der Waals surface area contributed by atoms with E-state index in [1.165, 1.54) is 16.9 Å². The summed E-state index contributed by atoms with van der Waals surface area (Å²) in [5.41, 5.74) is 4.36. The van der Waals surface area contributed by atoms with Gasteiger partial charge >= 0.3 is 0 Å². The van der Waals surface area contributed by atoms with Crippen LogP contribution in [-0.4, -0.2) is 22.8 Å². The molecular weight excluding hydrogens is 260 g/mol. The number of hydrogen-bond donors (Lipinski definition) is 2. The molecule has 6 heteroatoms. The highest BCUT2D eigenvalue weighted by atomic mass is 32.1. The third-order valence-electron chi connectivity index (χ3n) is 2.73. The number of aromatic nitrogens is 1. The van der Waals surface area contributed by atoms with Crippen molar-refractivity contribution in [1.29, 1.82) is 0 Å². The molecule has 0 bridgehead atoms. The maximum absolute atomic E-state index is 11.6. The van der Waals surface area contributed by atoms with Crippen LogP contribution in [0.5, 0.6) is 0 Å². The van der Waals surface area contributed by atoms with Crippen LogP contribution < -0.4 is 11.3 Å². The average Bonchev–Trinajstić information content (AvgIpc) is 2.87. The number of carbonyl (C=O) groups excluding carboxylic acids is 1. The zero-order valence-electron chi connectivity index (χ0n) is 10.7. The van der Waals surface area contributed by atoms with E-state index in [9.17, 15) is 4.79 Å². The molecule has 0 fully saturated rings. The first-order valence-corrected chi connectivity index (χ1v) is 6.73. The SMILES string of the molecule is CN(Cc1ccncc1)Cc1ccsc1C(=O)NN. The van der Waals surface area contributed by atoms with Gasteiger partial charge in [-0.1, -0.05) is 0 Å². The molecule has 2 rings (SSSR count). The molecule has 1 amide bonds. The molecule has 100 valence electrons. The van der Waals surface area contributed by atoms with Crippen molar-refractivity contribution in [3.63, 3.8) is 0 Å². The number of nitrogens with one attached hydrogen (secondary N) is 1. The van der Waals surface area contributed by atoms with Crippen LogP contribution in [0.25, 0.3) is 0 Å². The lowest BCUT2D eigenvalue weighted by molar-refractivity contribution is 0.0956. The van der Waals surface area contributed by atoms with Crippen molar-refractivity contribution in [2.75, 3.05) is 7.05 Å². The van der Waals surface area contributed by atoms with E-state index in [0.717, 1.165) is 12.1 Å². The molecule has 19 heavy (non-hydrogen) atoms. The van der Waals surface area contributed by atoms with Crippen LogP contribution in [0, 0.1) is 0 Å². The van der Waals surface area contributed by atoms with Crippen molar-refractivity contribution in [2.24, 2.45) is 5.84 Å². The van der Waals surface area contributed by atoms with Crippen LogP contribution in [0.4, 0.5) is 0 Å². The Kier molecular flexibility index (Phi) is 4.62. The molecule has 0 radical (unpaired) electrons. The fourth-order valence-electron chi connectivity index (χ4n) is 1.87. The van der Waals surface area contributed by atoms with E-state index in [-0.39, 0.29) is 5.91 Å². The van der Waals surface area contributed by atoms with E-state index in [1.54, 1.807) is 12.4 Å².